The van der Waals surface area contributed by atoms with Crippen molar-refractivity contribution >= 4 is 0 Å². The number of rotatable bonds is 4. The van der Waals surface area contributed by atoms with E-state index in [-0.39, 0.29) is 0 Å². The second kappa shape index (κ2) is 5.83. The molecule has 1 heterocycles. The summed E-state index contributed by atoms with van der Waals surface area (Å²) in [5, 5.41) is 3.73. The normalized spacial score (nSPS) is 10.6. The van der Waals surface area contributed by atoms with Crippen molar-refractivity contribution in [2.45, 2.75) is 13.3 Å². The van der Waals surface area contributed by atoms with Gasteiger partial charge in [0.2, 0.25) is 0 Å². The number of ether oxygens (including phenoxy) is 1. The van der Waals surface area contributed by atoms with Crippen LogP contribution in [0.4, 0.5) is 0 Å². The summed E-state index contributed by atoms with van der Waals surface area (Å²) in [5.74, 6) is 1.73. The van der Waals surface area contributed by atoms with E-state index in [1.807, 2.05) is 24.3 Å². The second-order valence-electron chi connectivity index (χ2n) is 4.83. The van der Waals surface area contributed by atoms with Crippen molar-refractivity contribution < 1.29 is 9.26 Å². The highest BCUT2D eigenvalue weighted by Gasteiger charge is 2.06. The average Bonchev–Trinajstić information content (AvgIpc) is 3.09. The van der Waals surface area contributed by atoms with Gasteiger partial charge in [0.15, 0.2) is 5.76 Å². The smallest absolute Gasteiger partial charge is 0.166 e. The van der Waals surface area contributed by atoms with Gasteiger partial charge in [-0.05, 0) is 35.2 Å². The number of nitrogens with zero attached hydrogens (tertiary/aromatic N) is 1. The van der Waals surface area contributed by atoms with Crippen LogP contribution >= 0.6 is 0 Å². The van der Waals surface area contributed by atoms with E-state index in [2.05, 4.69) is 36.3 Å². The molecule has 106 valence electrons. The molecule has 0 unspecified atom stereocenters. The lowest BCUT2D eigenvalue weighted by Gasteiger charge is -2.09. The van der Waals surface area contributed by atoms with E-state index in [9.17, 15) is 0 Å². The van der Waals surface area contributed by atoms with Crippen molar-refractivity contribution in [1.29, 1.82) is 0 Å². The first-order chi connectivity index (χ1) is 10.3. The van der Waals surface area contributed by atoms with E-state index in [1.165, 1.54) is 16.7 Å². The molecule has 3 aromatic rings. The molecule has 0 aliphatic rings. The molecule has 0 spiro atoms. The highest BCUT2D eigenvalue weighted by Crippen LogP contribution is 2.28. The van der Waals surface area contributed by atoms with Gasteiger partial charge in [-0.3, -0.25) is 0 Å². The van der Waals surface area contributed by atoms with Crippen LogP contribution in [0.2, 0.25) is 0 Å². The molecule has 0 fully saturated rings. The number of benzene rings is 2. The summed E-state index contributed by atoms with van der Waals surface area (Å²) in [5.41, 5.74) is 4.61. The van der Waals surface area contributed by atoms with E-state index in [4.69, 9.17) is 9.26 Å². The minimum absolute atomic E-state index is 0.783. The van der Waals surface area contributed by atoms with E-state index in [1.54, 1.807) is 13.3 Å². The third-order valence-corrected chi connectivity index (χ3v) is 3.60. The Balaban J connectivity index is 1.94. The SMILES string of the molecule is CCc1cc(-c2ccc(-c3ccno3)cc2)ccc1OC. The number of hydrogen-bond donors (Lipinski definition) is 0. The summed E-state index contributed by atoms with van der Waals surface area (Å²) in [7, 11) is 1.71. The van der Waals surface area contributed by atoms with Gasteiger partial charge in [0.25, 0.3) is 0 Å². The molecule has 2 aromatic carbocycles. The molecule has 21 heavy (non-hydrogen) atoms. The third-order valence-electron chi connectivity index (χ3n) is 3.60. The highest BCUT2D eigenvalue weighted by atomic mass is 16.5. The topological polar surface area (TPSA) is 35.3 Å². The van der Waals surface area contributed by atoms with Gasteiger partial charge < -0.3 is 9.26 Å². The molecule has 0 radical (unpaired) electrons. The molecule has 0 saturated carbocycles. The Kier molecular flexibility index (Phi) is 3.73. The van der Waals surface area contributed by atoms with Gasteiger partial charge in [-0.1, -0.05) is 42.4 Å². The van der Waals surface area contributed by atoms with Crippen LogP contribution in [0.1, 0.15) is 12.5 Å². The lowest BCUT2D eigenvalue weighted by Crippen LogP contribution is -1.91. The Morgan fingerprint density at radius 2 is 1.67 bits per heavy atom. The summed E-state index contributed by atoms with van der Waals surface area (Å²) in [6.07, 6.45) is 2.60. The molecule has 0 aliphatic carbocycles. The molecular formula is C18H17NO2. The van der Waals surface area contributed by atoms with Crippen LogP contribution in [0, 0.1) is 0 Å². The second-order valence-corrected chi connectivity index (χ2v) is 4.83. The molecule has 0 bridgehead atoms. The van der Waals surface area contributed by atoms with Crippen molar-refractivity contribution in [3.05, 3.63) is 60.3 Å². The Morgan fingerprint density at radius 3 is 2.29 bits per heavy atom. The number of hydrogen-bond acceptors (Lipinski definition) is 3. The predicted molar refractivity (Wildman–Crippen MR) is 83.3 cm³/mol. The van der Waals surface area contributed by atoms with Gasteiger partial charge in [0.05, 0.1) is 13.3 Å². The molecule has 1 aromatic heterocycles. The lowest BCUT2D eigenvalue weighted by molar-refractivity contribution is 0.410. The minimum Gasteiger partial charge on any atom is -0.496 e. The van der Waals surface area contributed by atoms with Crippen LogP contribution in [-0.2, 0) is 6.42 Å². The van der Waals surface area contributed by atoms with Gasteiger partial charge in [-0.25, -0.2) is 0 Å². The van der Waals surface area contributed by atoms with Crippen LogP contribution in [0.15, 0.2) is 59.3 Å². The van der Waals surface area contributed by atoms with Gasteiger partial charge in [-0.15, -0.1) is 0 Å². The van der Waals surface area contributed by atoms with E-state index in [0.29, 0.717) is 0 Å². The summed E-state index contributed by atoms with van der Waals surface area (Å²) in [4.78, 5) is 0. The maximum absolute atomic E-state index is 5.38. The minimum atomic E-state index is 0.783. The van der Waals surface area contributed by atoms with Crippen LogP contribution in [0.5, 0.6) is 5.75 Å². The molecule has 3 heteroatoms. The summed E-state index contributed by atoms with van der Waals surface area (Å²) in [6.45, 7) is 2.13. The van der Waals surface area contributed by atoms with Gasteiger partial charge >= 0.3 is 0 Å². The molecule has 0 atom stereocenters. The van der Waals surface area contributed by atoms with Gasteiger partial charge in [0.1, 0.15) is 5.75 Å². The van der Waals surface area contributed by atoms with Gasteiger partial charge in [-0.2, -0.15) is 0 Å². The molecule has 0 aliphatic heterocycles. The predicted octanol–water partition coefficient (Wildman–Crippen LogP) is 4.58. The fourth-order valence-electron chi connectivity index (χ4n) is 2.43. The van der Waals surface area contributed by atoms with Crippen molar-refractivity contribution in [3.63, 3.8) is 0 Å². The summed E-state index contributed by atoms with van der Waals surface area (Å²) in [6, 6.07) is 16.4. The molecular weight excluding hydrogens is 262 g/mol. The van der Waals surface area contributed by atoms with E-state index < -0.39 is 0 Å². The zero-order valence-corrected chi connectivity index (χ0v) is 12.2. The maximum atomic E-state index is 5.38. The number of aryl methyl sites for hydroxylation is 1. The Labute approximate surface area is 124 Å². The molecule has 0 saturated heterocycles. The zero-order valence-electron chi connectivity index (χ0n) is 12.2. The zero-order chi connectivity index (χ0) is 14.7. The maximum Gasteiger partial charge on any atom is 0.166 e. The van der Waals surface area contributed by atoms with E-state index in [0.717, 1.165) is 23.5 Å². The third kappa shape index (κ3) is 2.68. The first-order valence-electron chi connectivity index (χ1n) is 7.00. The molecule has 0 N–H and O–H groups in total. The molecule has 0 amide bonds. The first-order valence-corrected chi connectivity index (χ1v) is 7.00. The fraction of sp³-hybridized carbons (Fsp3) is 0.167. The lowest BCUT2D eigenvalue weighted by atomic mass is 10.00. The average molecular weight is 279 g/mol. The monoisotopic (exact) mass is 279 g/mol. The highest BCUT2D eigenvalue weighted by molar-refractivity contribution is 5.69. The van der Waals surface area contributed by atoms with Gasteiger partial charge in [0, 0.05) is 11.6 Å². The fourth-order valence-corrected chi connectivity index (χ4v) is 2.43. The van der Waals surface area contributed by atoms with Crippen molar-refractivity contribution in [3.8, 4) is 28.2 Å². The van der Waals surface area contributed by atoms with Crippen LogP contribution in [0.25, 0.3) is 22.5 Å². The standard InChI is InChI=1S/C18H17NO2/c1-3-13-12-16(8-9-17(13)20-2)14-4-6-15(7-5-14)18-10-11-19-21-18/h4-12H,3H2,1-2H3. The number of aromatic nitrogens is 1. The summed E-state index contributed by atoms with van der Waals surface area (Å²) < 4.78 is 10.5. The largest absolute Gasteiger partial charge is 0.496 e. The van der Waals surface area contributed by atoms with Crippen molar-refractivity contribution in [1.82, 2.24) is 5.16 Å². The van der Waals surface area contributed by atoms with Crippen molar-refractivity contribution in [2.24, 2.45) is 0 Å². The Hall–Kier alpha value is -2.55. The molecule has 3 rings (SSSR count). The van der Waals surface area contributed by atoms with Crippen LogP contribution in [0.3, 0.4) is 0 Å². The first kappa shape index (κ1) is 13.4. The van der Waals surface area contributed by atoms with E-state index >= 15 is 0 Å². The van der Waals surface area contributed by atoms with Crippen molar-refractivity contribution in [2.75, 3.05) is 7.11 Å². The quantitative estimate of drug-likeness (QED) is 0.701. The number of methoxy groups -OCH3 is 1. The Bertz CT molecular complexity index is 715. The van der Waals surface area contributed by atoms with Crippen LogP contribution in [-0.4, -0.2) is 12.3 Å². The Morgan fingerprint density at radius 1 is 0.952 bits per heavy atom. The molecule has 3 nitrogen and oxygen atoms in total. The van der Waals surface area contributed by atoms with Crippen LogP contribution < -0.4 is 4.74 Å². The summed E-state index contributed by atoms with van der Waals surface area (Å²) >= 11 is 0.